The van der Waals surface area contributed by atoms with E-state index in [0.29, 0.717) is 22.2 Å². The monoisotopic (exact) mass is 258 g/mol. The highest BCUT2D eigenvalue weighted by molar-refractivity contribution is 6.42. The molecule has 0 atom stereocenters. The lowest BCUT2D eigenvalue weighted by atomic mass is 10.0. The smallest absolute Gasteiger partial charge is 0.135 e. The van der Waals surface area contributed by atoms with Crippen LogP contribution in [0.3, 0.4) is 0 Å². The van der Waals surface area contributed by atoms with E-state index in [4.69, 9.17) is 23.2 Å². The van der Waals surface area contributed by atoms with Crippen LogP contribution in [0.1, 0.15) is 32.3 Å². The van der Waals surface area contributed by atoms with Gasteiger partial charge < -0.3 is 0 Å². The first-order valence-electron chi connectivity index (χ1n) is 5.48. The second-order valence-electron chi connectivity index (χ2n) is 4.19. The first kappa shape index (κ1) is 13.5. The topological polar surface area (TPSA) is 17.1 Å². The summed E-state index contributed by atoms with van der Waals surface area (Å²) >= 11 is 12.0. The van der Waals surface area contributed by atoms with E-state index in [0.717, 1.165) is 18.4 Å². The Bertz CT molecular complexity index is 372. The van der Waals surface area contributed by atoms with Crippen LogP contribution in [0.4, 0.5) is 0 Å². The fraction of sp³-hybridized carbons (Fsp3) is 0.462. The summed E-state index contributed by atoms with van der Waals surface area (Å²) < 4.78 is 0. The van der Waals surface area contributed by atoms with Gasteiger partial charge >= 0.3 is 0 Å². The van der Waals surface area contributed by atoms with Crippen LogP contribution in [0.5, 0.6) is 0 Å². The summed E-state index contributed by atoms with van der Waals surface area (Å²) in [5.41, 5.74) is 1.02. The first-order valence-corrected chi connectivity index (χ1v) is 6.23. The molecule has 16 heavy (non-hydrogen) atoms. The van der Waals surface area contributed by atoms with E-state index in [1.165, 1.54) is 0 Å². The molecule has 0 saturated carbocycles. The molecule has 0 amide bonds. The van der Waals surface area contributed by atoms with Gasteiger partial charge in [0.25, 0.3) is 0 Å². The fourth-order valence-corrected chi connectivity index (χ4v) is 1.90. The Balaban J connectivity index is 2.49. The van der Waals surface area contributed by atoms with E-state index in [9.17, 15) is 4.79 Å². The molecule has 0 fully saturated rings. The molecule has 1 nitrogen and oxygen atoms in total. The van der Waals surface area contributed by atoms with Gasteiger partial charge in [-0.3, -0.25) is 4.79 Å². The van der Waals surface area contributed by atoms with Crippen molar-refractivity contribution in [3.63, 3.8) is 0 Å². The van der Waals surface area contributed by atoms with Gasteiger partial charge in [-0.2, -0.15) is 0 Å². The summed E-state index contributed by atoms with van der Waals surface area (Å²) in [6.07, 6.45) is 2.25. The van der Waals surface area contributed by atoms with Gasteiger partial charge in [-0.1, -0.05) is 49.2 Å². The zero-order valence-electron chi connectivity index (χ0n) is 9.59. The van der Waals surface area contributed by atoms with Gasteiger partial charge in [0, 0.05) is 12.3 Å². The molecule has 0 N–H and O–H groups in total. The molecule has 0 bridgehead atoms. The van der Waals surface area contributed by atoms with E-state index in [1.807, 2.05) is 26.0 Å². The number of aryl methyl sites for hydroxylation is 1. The predicted octanol–water partition coefficient (Wildman–Crippen LogP) is 4.54. The van der Waals surface area contributed by atoms with Crippen molar-refractivity contribution in [2.24, 2.45) is 5.92 Å². The summed E-state index contributed by atoms with van der Waals surface area (Å²) in [5.74, 6) is 0.424. The van der Waals surface area contributed by atoms with Crippen LogP contribution in [0.2, 0.25) is 10.0 Å². The number of rotatable bonds is 5. The third-order valence-electron chi connectivity index (χ3n) is 2.54. The van der Waals surface area contributed by atoms with Crippen molar-refractivity contribution >= 4 is 29.0 Å². The average Bonchev–Trinajstić information content (AvgIpc) is 2.24. The van der Waals surface area contributed by atoms with Crippen LogP contribution >= 0.6 is 23.2 Å². The number of hydrogen-bond acceptors (Lipinski definition) is 1. The lowest BCUT2D eigenvalue weighted by Crippen LogP contribution is -2.06. The van der Waals surface area contributed by atoms with Gasteiger partial charge in [-0.15, -0.1) is 0 Å². The minimum absolute atomic E-state index is 0.120. The lowest BCUT2D eigenvalue weighted by molar-refractivity contribution is -0.121. The summed E-state index contributed by atoms with van der Waals surface area (Å²) in [5, 5.41) is 1.19. The highest BCUT2D eigenvalue weighted by Crippen LogP contribution is 2.26. The van der Waals surface area contributed by atoms with E-state index >= 15 is 0 Å². The van der Waals surface area contributed by atoms with Crippen molar-refractivity contribution in [3.05, 3.63) is 33.8 Å². The molecule has 0 unspecified atom stereocenters. The molecule has 3 heteroatoms. The van der Waals surface area contributed by atoms with E-state index in [2.05, 4.69) is 0 Å². The molecule has 0 radical (unpaired) electrons. The SMILES string of the molecule is CC(C)C(=O)CCCc1cccc(Cl)c1Cl. The number of hydrogen-bond donors (Lipinski definition) is 0. The minimum atomic E-state index is 0.120. The maximum absolute atomic E-state index is 11.4. The number of Topliss-reactive ketones (excluding diaryl/α,β-unsaturated/α-hetero) is 1. The first-order chi connectivity index (χ1) is 7.52. The molecule has 0 aromatic heterocycles. The summed E-state index contributed by atoms with van der Waals surface area (Å²) in [6, 6.07) is 5.61. The molecule has 0 aliphatic heterocycles. The quantitative estimate of drug-likeness (QED) is 0.758. The minimum Gasteiger partial charge on any atom is -0.299 e. The van der Waals surface area contributed by atoms with E-state index in [-0.39, 0.29) is 5.92 Å². The molecule has 1 aromatic carbocycles. The molecule has 0 aliphatic carbocycles. The molecule has 88 valence electrons. The van der Waals surface area contributed by atoms with Gasteiger partial charge in [0.2, 0.25) is 0 Å². The van der Waals surface area contributed by atoms with Crippen LogP contribution in [-0.2, 0) is 11.2 Å². The van der Waals surface area contributed by atoms with Crippen LogP contribution in [-0.4, -0.2) is 5.78 Å². The average molecular weight is 259 g/mol. The van der Waals surface area contributed by atoms with Crippen molar-refractivity contribution in [2.45, 2.75) is 33.1 Å². The van der Waals surface area contributed by atoms with E-state index < -0.39 is 0 Å². The van der Waals surface area contributed by atoms with Crippen LogP contribution in [0.25, 0.3) is 0 Å². The molecule has 0 heterocycles. The molecule has 0 aliphatic rings. The number of benzene rings is 1. The van der Waals surface area contributed by atoms with Crippen molar-refractivity contribution < 1.29 is 4.79 Å². The van der Waals surface area contributed by atoms with Gasteiger partial charge in [0.1, 0.15) is 5.78 Å². The van der Waals surface area contributed by atoms with Gasteiger partial charge in [0.05, 0.1) is 10.0 Å². The van der Waals surface area contributed by atoms with Gasteiger partial charge in [-0.05, 0) is 24.5 Å². The number of carbonyl (C=O) groups excluding carboxylic acids is 1. The second kappa shape index (κ2) is 6.27. The Morgan fingerprint density at radius 3 is 2.62 bits per heavy atom. The largest absolute Gasteiger partial charge is 0.299 e. The highest BCUT2D eigenvalue weighted by Gasteiger charge is 2.08. The molecule has 0 spiro atoms. The second-order valence-corrected chi connectivity index (χ2v) is 4.97. The Morgan fingerprint density at radius 1 is 1.31 bits per heavy atom. The highest BCUT2D eigenvalue weighted by atomic mass is 35.5. The molecule has 1 rings (SSSR count). The molecule has 0 saturated heterocycles. The molecular formula is C13H16Cl2O. The zero-order chi connectivity index (χ0) is 12.1. The Hall–Kier alpha value is -0.530. The third-order valence-corrected chi connectivity index (χ3v) is 3.40. The molecule has 1 aromatic rings. The maximum atomic E-state index is 11.4. The van der Waals surface area contributed by atoms with Gasteiger partial charge in [0.15, 0.2) is 0 Å². The number of carbonyl (C=O) groups is 1. The summed E-state index contributed by atoms with van der Waals surface area (Å²) in [7, 11) is 0. The molecular weight excluding hydrogens is 243 g/mol. The van der Waals surface area contributed by atoms with Gasteiger partial charge in [-0.25, -0.2) is 0 Å². The van der Waals surface area contributed by atoms with Crippen molar-refractivity contribution in [2.75, 3.05) is 0 Å². The van der Waals surface area contributed by atoms with Crippen molar-refractivity contribution in [3.8, 4) is 0 Å². The standard InChI is InChI=1S/C13H16Cl2O/c1-9(2)12(16)8-4-6-10-5-3-7-11(14)13(10)15/h3,5,7,9H,4,6,8H2,1-2H3. The normalized spacial score (nSPS) is 10.8. The van der Waals surface area contributed by atoms with Crippen LogP contribution < -0.4 is 0 Å². The predicted molar refractivity (Wildman–Crippen MR) is 69.2 cm³/mol. The third kappa shape index (κ3) is 3.80. The Kier molecular flexibility index (Phi) is 5.30. The van der Waals surface area contributed by atoms with Crippen molar-refractivity contribution in [1.82, 2.24) is 0 Å². The van der Waals surface area contributed by atoms with Crippen LogP contribution in [0.15, 0.2) is 18.2 Å². The number of ketones is 1. The van der Waals surface area contributed by atoms with Crippen LogP contribution in [0, 0.1) is 5.92 Å². The lowest BCUT2D eigenvalue weighted by Gasteiger charge is -2.06. The summed E-state index contributed by atoms with van der Waals surface area (Å²) in [6.45, 7) is 3.85. The Morgan fingerprint density at radius 2 is 2.00 bits per heavy atom. The van der Waals surface area contributed by atoms with E-state index in [1.54, 1.807) is 6.07 Å². The Labute approximate surface area is 107 Å². The van der Waals surface area contributed by atoms with Crippen molar-refractivity contribution in [1.29, 1.82) is 0 Å². The maximum Gasteiger partial charge on any atom is 0.135 e. The summed E-state index contributed by atoms with van der Waals surface area (Å²) in [4.78, 5) is 11.4. The number of halogens is 2. The fourth-order valence-electron chi connectivity index (χ4n) is 1.48. The zero-order valence-corrected chi connectivity index (χ0v) is 11.1.